The molecular weight excluding hydrogens is 420 g/mol. The van der Waals surface area contributed by atoms with Crippen LogP contribution in [-0.2, 0) is 0 Å². The summed E-state index contributed by atoms with van der Waals surface area (Å²) in [5.74, 6) is 1.80. The largest absolute Gasteiger partial charge is 0.493 e. The fourth-order valence-electron chi connectivity index (χ4n) is 4.10. The quantitative estimate of drug-likeness (QED) is 0.575. The molecule has 0 amide bonds. The van der Waals surface area contributed by atoms with E-state index in [2.05, 4.69) is 42.2 Å². The van der Waals surface area contributed by atoms with Crippen molar-refractivity contribution in [1.29, 1.82) is 5.26 Å². The lowest BCUT2D eigenvalue weighted by Crippen LogP contribution is -2.21. The number of allylic oxidation sites excluding steroid dienone is 1. The van der Waals surface area contributed by atoms with Gasteiger partial charge in [0.05, 0.1) is 38.5 Å². The van der Waals surface area contributed by atoms with Crippen molar-refractivity contribution in [3.05, 3.63) is 64.5 Å². The fraction of sp³-hybridized carbons (Fsp3) is 0.280. The predicted molar refractivity (Wildman–Crippen MR) is 124 cm³/mol. The molecule has 0 fully saturated rings. The van der Waals surface area contributed by atoms with Crippen LogP contribution in [-0.4, -0.2) is 31.5 Å². The number of methoxy groups -OCH3 is 3. The average Bonchev–Trinajstić information content (AvgIpc) is 3.25. The van der Waals surface area contributed by atoms with Crippen molar-refractivity contribution in [3.8, 4) is 40.5 Å². The van der Waals surface area contributed by atoms with Crippen molar-refractivity contribution in [2.45, 2.75) is 25.7 Å². The molecule has 3 N–H and O–H groups in total. The number of fused-ring (bicyclic) bond motifs is 1. The van der Waals surface area contributed by atoms with Gasteiger partial charge in [-0.1, -0.05) is 38.1 Å². The molecule has 0 aliphatic carbocycles. The highest BCUT2D eigenvalue weighted by Gasteiger charge is 2.36. The number of aromatic nitrogens is 2. The predicted octanol–water partition coefficient (Wildman–Crippen LogP) is 4.44. The van der Waals surface area contributed by atoms with Gasteiger partial charge in [0.2, 0.25) is 17.5 Å². The second-order valence-corrected chi connectivity index (χ2v) is 7.98. The third kappa shape index (κ3) is 3.72. The van der Waals surface area contributed by atoms with Crippen LogP contribution in [0.2, 0.25) is 0 Å². The van der Waals surface area contributed by atoms with E-state index in [1.807, 2.05) is 24.3 Å². The highest BCUT2D eigenvalue weighted by Crippen LogP contribution is 2.48. The van der Waals surface area contributed by atoms with Crippen molar-refractivity contribution in [3.63, 3.8) is 0 Å². The number of nitrogens with one attached hydrogen (secondary N) is 1. The molecule has 0 spiro atoms. The van der Waals surface area contributed by atoms with Crippen LogP contribution in [0.5, 0.6) is 23.1 Å². The first-order chi connectivity index (χ1) is 15.9. The standard InChI is InChI=1S/C25H26N4O4/c1-13(2)14-6-8-15(9-7-14)20-17(12-26)24(27)33-25-21(20)22(28-29-25)16-10-18(30-3)23(32-5)19(11-16)31-4/h6-11,13,20H,27H2,1-5H3,(H,28,29). The van der Waals surface area contributed by atoms with Crippen LogP contribution in [0.1, 0.15) is 42.4 Å². The zero-order valence-corrected chi connectivity index (χ0v) is 19.2. The zero-order valence-electron chi connectivity index (χ0n) is 19.2. The number of aromatic amines is 1. The van der Waals surface area contributed by atoms with E-state index < -0.39 is 5.92 Å². The summed E-state index contributed by atoms with van der Waals surface area (Å²) in [6.07, 6.45) is 0. The van der Waals surface area contributed by atoms with Crippen molar-refractivity contribution in [2.75, 3.05) is 21.3 Å². The highest BCUT2D eigenvalue weighted by molar-refractivity contribution is 5.75. The topological polar surface area (TPSA) is 115 Å². The zero-order chi connectivity index (χ0) is 23.7. The Balaban J connectivity index is 1.92. The minimum atomic E-state index is -0.451. The summed E-state index contributed by atoms with van der Waals surface area (Å²) in [6.45, 7) is 4.28. The summed E-state index contributed by atoms with van der Waals surface area (Å²) in [4.78, 5) is 0. The number of rotatable bonds is 6. The first-order valence-corrected chi connectivity index (χ1v) is 10.5. The van der Waals surface area contributed by atoms with Crippen LogP contribution in [0.4, 0.5) is 0 Å². The Morgan fingerprint density at radius 2 is 1.70 bits per heavy atom. The van der Waals surface area contributed by atoms with Crippen LogP contribution in [0.3, 0.4) is 0 Å². The molecule has 2 aromatic carbocycles. The Labute approximate surface area is 192 Å². The summed E-state index contributed by atoms with van der Waals surface area (Å²) in [5.41, 5.74) is 10.7. The second-order valence-electron chi connectivity index (χ2n) is 7.98. The first-order valence-electron chi connectivity index (χ1n) is 10.5. The molecule has 33 heavy (non-hydrogen) atoms. The number of nitrogens with two attached hydrogens (primary N) is 1. The Hall–Kier alpha value is -4.12. The lowest BCUT2D eigenvalue weighted by molar-refractivity contribution is 0.324. The highest BCUT2D eigenvalue weighted by atomic mass is 16.5. The normalized spacial score (nSPS) is 15.0. The Kier molecular flexibility index (Phi) is 5.88. The fourth-order valence-corrected chi connectivity index (χ4v) is 4.10. The SMILES string of the molecule is COc1cc(-c2[nH]nc3c2C(c2ccc(C(C)C)cc2)C(C#N)=C(N)O3)cc(OC)c1OC. The van der Waals surface area contributed by atoms with Gasteiger partial charge in [0.25, 0.3) is 0 Å². The molecule has 1 aliphatic heterocycles. The lowest BCUT2D eigenvalue weighted by Gasteiger charge is -2.24. The van der Waals surface area contributed by atoms with E-state index in [0.29, 0.717) is 45.9 Å². The summed E-state index contributed by atoms with van der Waals surface area (Å²) in [6, 6.07) is 14.1. The molecule has 170 valence electrons. The molecule has 0 bridgehead atoms. The van der Waals surface area contributed by atoms with Crippen LogP contribution in [0.25, 0.3) is 11.3 Å². The molecule has 4 rings (SSSR count). The Bertz CT molecular complexity index is 1230. The van der Waals surface area contributed by atoms with Crippen molar-refractivity contribution >= 4 is 0 Å². The molecule has 0 radical (unpaired) electrons. The third-order valence-corrected chi connectivity index (χ3v) is 5.83. The maximum Gasteiger partial charge on any atom is 0.244 e. The van der Waals surface area contributed by atoms with Crippen molar-refractivity contribution in [2.24, 2.45) is 5.73 Å². The third-order valence-electron chi connectivity index (χ3n) is 5.83. The molecule has 8 nitrogen and oxygen atoms in total. The molecule has 1 aliphatic rings. The average molecular weight is 447 g/mol. The van der Waals surface area contributed by atoms with Gasteiger partial charge in [-0.05, 0) is 29.2 Å². The van der Waals surface area contributed by atoms with Gasteiger partial charge in [-0.25, -0.2) is 0 Å². The number of ether oxygens (including phenoxy) is 4. The molecule has 8 heteroatoms. The van der Waals surface area contributed by atoms with Gasteiger partial charge in [0, 0.05) is 5.56 Å². The molecule has 1 aromatic heterocycles. The van der Waals surface area contributed by atoms with E-state index in [1.165, 1.54) is 5.56 Å². The molecule has 0 saturated heterocycles. The Morgan fingerprint density at radius 3 is 2.21 bits per heavy atom. The van der Waals surface area contributed by atoms with Gasteiger partial charge < -0.3 is 24.7 Å². The van der Waals surface area contributed by atoms with Crippen LogP contribution < -0.4 is 24.7 Å². The van der Waals surface area contributed by atoms with Gasteiger partial charge in [0.1, 0.15) is 11.6 Å². The molecular formula is C25H26N4O4. The summed E-state index contributed by atoms with van der Waals surface area (Å²) in [7, 11) is 4.67. The van der Waals surface area contributed by atoms with Gasteiger partial charge >= 0.3 is 0 Å². The smallest absolute Gasteiger partial charge is 0.244 e. The summed E-state index contributed by atoms with van der Waals surface area (Å²) in [5, 5.41) is 17.3. The molecule has 2 heterocycles. The summed E-state index contributed by atoms with van der Waals surface area (Å²) < 4.78 is 22.2. The van der Waals surface area contributed by atoms with Gasteiger partial charge in [-0.2, -0.15) is 5.26 Å². The number of benzene rings is 2. The van der Waals surface area contributed by atoms with E-state index in [4.69, 9.17) is 24.7 Å². The lowest BCUT2D eigenvalue weighted by atomic mass is 9.82. The van der Waals surface area contributed by atoms with Gasteiger partial charge in [0.15, 0.2) is 11.5 Å². The van der Waals surface area contributed by atoms with E-state index in [9.17, 15) is 5.26 Å². The van der Waals surface area contributed by atoms with Gasteiger partial charge in [-0.3, -0.25) is 5.10 Å². The van der Waals surface area contributed by atoms with Crippen LogP contribution in [0, 0.1) is 11.3 Å². The number of nitrogens with zero attached hydrogens (tertiary/aromatic N) is 2. The maximum absolute atomic E-state index is 9.94. The second kappa shape index (κ2) is 8.79. The minimum absolute atomic E-state index is 0.0471. The number of H-pyrrole nitrogens is 1. The molecule has 3 aromatic rings. The van der Waals surface area contributed by atoms with E-state index in [-0.39, 0.29) is 5.88 Å². The van der Waals surface area contributed by atoms with Crippen LogP contribution in [0.15, 0.2) is 47.9 Å². The number of nitriles is 1. The monoisotopic (exact) mass is 446 g/mol. The van der Waals surface area contributed by atoms with E-state index >= 15 is 0 Å². The number of hydrogen-bond acceptors (Lipinski definition) is 7. The van der Waals surface area contributed by atoms with Crippen molar-refractivity contribution in [1.82, 2.24) is 10.2 Å². The molecule has 1 unspecified atom stereocenters. The molecule has 1 atom stereocenters. The van der Waals surface area contributed by atoms with Crippen LogP contribution >= 0.6 is 0 Å². The minimum Gasteiger partial charge on any atom is -0.493 e. The van der Waals surface area contributed by atoms with E-state index in [0.717, 1.165) is 11.1 Å². The maximum atomic E-state index is 9.94. The van der Waals surface area contributed by atoms with E-state index in [1.54, 1.807) is 21.3 Å². The van der Waals surface area contributed by atoms with Gasteiger partial charge in [-0.15, -0.1) is 5.10 Å². The molecule has 0 saturated carbocycles. The Morgan fingerprint density at radius 1 is 1.06 bits per heavy atom. The first kappa shape index (κ1) is 22.1. The summed E-state index contributed by atoms with van der Waals surface area (Å²) >= 11 is 0. The number of hydrogen-bond donors (Lipinski definition) is 2. The van der Waals surface area contributed by atoms with Crippen molar-refractivity contribution < 1.29 is 18.9 Å².